The van der Waals surface area contributed by atoms with Crippen molar-refractivity contribution in [2.75, 3.05) is 33.4 Å². The van der Waals surface area contributed by atoms with Crippen molar-refractivity contribution in [2.24, 2.45) is 22.7 Å². The number of ether oxygens (including phenoxy) is 2. The molecule has 0 aromatic heterocycles. The maximum Gasteiger partial charge on any atom is 0.118 e. The van der Waals surface area contributed by atoms with Gasteiger partial charge in [0.25, 0.3) is 0 Å². The molecule has 5 aliphatic rings. The standard InChI is InChI=1S/C32H47NO4/c1-29-14-12-26(37-21-20-33-18-4-5-19-33)22-24(29)8-11-28-27(29)13-15-30(2)31(34,16-17-32(28,30)35)23-6-9-25(36-3)10-7-23/h6-7,9-10,22,26-28,34-35H,4-5,8,11-21H2,1-3H3/t26?,27-,28-,29+,30-,31?,32-/m1/s1. The molecule has 6 rings (SSSR count). The Morgan fingerprint density at radius 2 is 1.68 bits per heavy atom. The van der Waals surface area contributed by atoms with E-state index in [0.717, 1.165) is 63.0 Å². The van der Waals surface area contributed by atoms with Gasteiger partial charge < -0.3 is 24.6 Å². The second kappa shape index (κ2) is 9.36. The zero-order valence-corrected chi connectivity index (χ0v) is 23.2. The SMILES string of the molecule is COc1ccc(C2(O)CC[C@@]3(O)[C@@H]4CCC5=CC(OCCN6CCCC6)CC[C@]5(C)[C@@H]4CC[C@]23C)cc1. The fraction of sp³-hybridized carbons (Fsp3) is 0.750. The lowest BCUT2D eigenvalue weighted by Gasteiger charge is -2.62. The number of aliphatic hydroxyl groups is 2. The highest BCUT2D eigenvalue weighted by atomic mass is 16.5. The second-order valence-corrected chi connectivity index (χ2v) is 13.2. The van der Waals surface area contributed by atoms with E-state index in [-0.39, 0.29) is 17.4 Å². The third-order valence-corrected chi connectivity index (χ3v) is 11.9. The Bertz CT molecular complexity index is 1020. The molecule has 2 unspecified atom stereocenters. The Kier molecular flexibility index (Phi) is 6.54. The van der Waals surface area contributed by atoms with E-state index in [1.807, 2.05) is 24.3 Å². The maximum atomic E-state index is 12.5. The Morgan fingerprint density at radius 1 is 0.919 bits per heavy atom. The summed E-state index contributed by atoms with van der Waals surface area (Å²) in [5.74, 6) is 1.49. The Hall–Kier alpha value is -1.40. The average Bonchev–Trinajstić information content (AvgIpc) is 3.50. The van der Waals surface area contributed by atoms with Crippen LogP contribution in [-0.2, 0) is 10.3 Å². The predicted molar refractivity (Wildman–Crippen MR) is 145 cm³/mol. The summed E-state index contributed by atoms with van der Waals surface area (Å²) in [6.07, 6.45) is 12.8. The van der Waals surface area contributed by atoms with Gasteiger partial charge in [0.15, 0.2) is 0 Å². The molecule has 0 bridgehead atoms. The van der Waals surface area contributed by atoms with E-state index in [2.05, 4.69) is 24.8 Å². The monoisotopic (exact) mass is 509 g/mol. The lowest BCUT2D eigenvalue weighted by molar-refractivity contribution is -0.222. The molecule has 1 heterocycles. The summed E-state index contributed by atoms with van der Waals surface area (Å²) in [7, 11) is 1.67. The van der Waals surface area contributed by atoms with Gasteiger partial charge in [0.1, 0.15) is 5.75 Å². The zero-order valence-electron chi connectivity index (χ0n) is 23.2. The molecule has 204 valence electrons. The van der Waals surface area contributed by atoms with E-state index in [9.17, 15) is 10.2 Å². The minimum Gasteiger partial charge on any atom is -0.497 e. The second-order valence-electron chi connectivity index (χ2n) is 13.2. The molecule has 0 radical (unpaired) electrons. The average molecular weight is 510 g/mol. The molecule has 37 heavy (non-hydrogen) atoms. The molecule has 7 atom stereocenters. The van der Waals surface area contributed by atoms with Gasteiger partial charge in [-0.1, -0.05) is 37.6 Å². The van der Waals surface area contributed by atoms with Gasteiger partial charge in [-0.2, -0.15) is 0 Å². The van der Waals surface area contributed by atoms with Crippen LogP contribution in [0, 0.1) is 22.7 Å². The van der Waals surface area contributed by atoms with Crippen LogP contribution in [0.3, 0.4) is 0 Å². The van der Waals surface area contributed by atoms with Gasteiger partial charge in [-0.3, -0.25) is 0 Å². The number of nitrogens with zero attached hydrogens (tertiary/aromatic N) is 1. The number of fused-ring (bicyclic) bond motifs is 5. The minimum absolute atomic E-state index is 0.135. The maximum absolute atomic E-state index is 12.5. The number of methoxy groups -OCH3 is 1. The van der Waals surface area contributed by atoms with Crippen molar-refractivity contribution in [3.8, 4) is 5.75 Å². The Labute approximate surface area is 223 Å². The molecule has 1 aromatic carbocycles. The minimum atomic E-state index is -1.02. The van der Waals surface area contributed by atoms with Crippen molar-refractivity contribution < 1.29 is 19.7 Å². The fourth-order valence-corrected chi connectivity index (χ4v) is 9.48. The summed E-state index contributed by atoms with van der Waals surface area (Å²) in [5.41, 5.74) is 0.207. The van der Waals surface area contributed by atoms with E-state index in [1.165, 1.54) is 25.9 Å². The van der Waals surface area contributed by atoms with Crippen LogP contribution >= 0.6 is 0 Å². The largest absolute Gasteiger partial charge is 0.497 e. The number of hydrogen-bond acceptors (Lipinski definition) is 5. The summed E-state index contributed by atoms with van der Waals surface area (Å²) in [6, 6.07) is 7.86. The van der Waals surface area contributed by atoms with Crippen molar-refractivity contribution in [3.63, 3.8) is 0 Å². The van der Waals surface area contributed by atoms with Gasteiger partial charge in [-0.15, -0.1) is 0 Å². The number of benzene rings is 1. The molecule has 1 aliphatic heterocycles. The summed E-state index contributed by atoms with van der Waals surface area (Å²) in [6.45, 7) is 8.98. The van der Waals surface area contributed by atoms with Gasteiger partial charge >= 0.3 is 0 Å². The van der Waals surface area contributed by atoms with Crippen LogP contribution in [0.5, 0.6) is 5.75 Å². The molecule has 5 nitrogen and oxygen atoms in total. The lowest BCUT2D eigenvalue weighted by Crippen LogP contribution is -2.63. The van der Waals surface area contributed by atoms with E-state index < -0.39 is 16.6 Å². The van der Waals surface area contributed by atoms with E-state index >= 15 is 0 Å². The molecule has 4 aliphatic carbocycles. The van der Waals surface area contributed by atoms with Crippen LogP contribution in [-0.4, -0.2) is 60.2 Å². The molecule has 1 aromatic rings. The highest BCUT2D eigenvalue weighted by molar-refractivity contribution is 5.37. The first-order valence-corrected chi connectivity index (χ1v) is 14.9. The first-order chi connectivity index (χ1) is 17.7. The molecule has 4 fully saturated rings. The Morgan fingerprint density at radius 3 is 2.41 bits per heavy atom. The van der Waals surface area contributed by atoms with Gasteiger partial charge in [0.05, 0.1) is 31.0 Å². The predicted octanol–water partition coefficient (Wildman–Crippen LogP) is 5.44. The van der Waals surface area contributed by atoms with Crippen molar-refractivity contribution in [1.29, 1.82) is 0 Å². The molecule has 3 saturated carbocycles. The van der Waals surface area contributed by atoms with Gasteiger partial charge in [0, 0.05) is 12.0 Å². The van der Waals surface area contributed by atoms with Crippen molar-refractivity contribution in [1.82, 2.24) is 4.90 Å². The number of allylic oxidation sites excluding steroid dienone is 1. The fourth-order valence-electron chi connectivity index (χ4n) is 9.48. The third kappa shape index (κ3) is 3.86. The topological polar surface area (TPSA) is 62.2 Å². The Balaban J connectivity index is 1.20. The molecule has 2 N–H and O–H groups in total. The van der Waals surface area contributed by atoms with Crippen LogP contribution in [0.25, 0.3) is 0 Å². The van der Waals surface area contributed by atoms with Gasteiger partial charge in [-0.05, 0) is 112 Å². The first-order valence-electron chi connectivity index (χ1n) is 14.9. The molecule has 1 saturated heterocycles. The van der Waals surface area contributed by atoms with Crippen LogP contribution in [0.4, 0.5) is 0 Å². The van der Waals surface area contributed by atoms with Crippen LogP contribution < -0.4 is 4.74 Å². The van der Waals surface area contributed by atoms with Crippen molar-refractivity contribution in [2.45, 2.75) is 95.4 Å². The van der Waals surface area contributed by atoms with Crippen molar-refractivity contribution in [3.05, 3.63) is 41.5 Å². The number of rotatable bonds is 6. The normalized spacial score (nSPS) is 43.6. The van der Waals surface area contributed by atoms with Crippen LogP contribution in [0.2, 0.25) is 0 Å². The third-order valence-electron chi connectivity index (χ3n) is 11.9. The lowest BCUT2D eigenvalue weighted by atomic mass is 9.44. The summed E-state index contributed by atoms with van der Waals surface area (Å²) in [5, 5.41) is 24.7. The summed E-state index contributed by atoms with van der Waals surface area (Å²) < 4.78 is 11.7. The zero-order chi connectivity index (χ0) is 25.9. The highest BCUT2D eigenvalue weighted by Gasteiger charge is 2.71. The van der Waals surface area contributed by atoms with Crippen molar-refractivity contribution >= 4 is 0 Å². The summed E-state index contributed by atoms with van der Waals surface area (Å²) in [4.78, 5) is 2.53. The highest BCUT2D eigenvalue weighted by Crippen LogP contribution is 2.71. The van der Waals surface area contributed by atoms with Gasteiger partial charge in [-0.25, -0.2) is 0 Å². The molecular formula is C32H47NO4. The molecule has 0 spiro atoms. The van der Waals surface area contributed by atoms with Crippen LogP contribution in [0.15, 0.2) is 35.9 Å². The number of hydrogen-bond donors (Lipinski definition) is 2. The molecular weight excluding hydrogens is 462 g/mol. The van der Waals surface area contributed by atoms with E-state index in [1.54, 1.807) is 12.7 Å². The van der Waals surface area contributed by atoms with Gasteiger partial charge in [0.2, 0.25) is 0 Å². The smallest absolute Gasteiger partial charge is 0.118 e. The summed E-state index contributed by atoms with van der Waals surface area (Å²) >= 11 is 0. The number of likely N-dealkylation sites (tertiary alicyclic amines) is 1. The molecule has 0 amide bonds. The van der Waals surface area contributed by atoms with Crippen LogP contribution in [0.1, 0.15) is 83.6 Å². The van der Waals surface area contributed by atoms with E-state index in [0.29, 0.717) is 18.8 Å². The van der Waals surface area contributed by atoms with E-state index in [4.69, 9.17) is 9.47 Å². The quantitative estimate of drug-likeness (QED) is 0.500. The first kappa shape index (κ1) is 25.9. The molecule has 5 heteroatoms.